The Morgan fingerprint density at radius 3 is 2.69 bits per heavy atom. The number of carbonyl (C=O) groups excluding carboxylic acids is 1. The van der Waals surface area contributed by atoms with Crippen LogP contribution in [-0.4, -0.2) is 78.8 Å². The summed E-state index contributed by atoms with van der Waals surface area (Å²) in [5.74, 6) is -0.907. The van der Waals surface area contributed by atoms with E-state index in [4.69, 9.17) is 9.84 Å². The fraction of sp³-hybridized carbons (Fsp3) is 0.579. The van der Waals surface area contributed by atoms with Gasteiger partial charge in [-0.3, -0.25) is 19.4 Å². The number of nitrogens with one attached hydrogen (secondary N) is 1. The van der Waals surface area contributed by atoms with Crippen molar-refractivity contribution in [2.45, 2.75) is 32.4 Å². The molecule has 0 aromatic heterocycles. The van der Waals surface area contributed by atoms with Crippen LogP contribution in [0.2, 0.25) is 0 Å². The van der Waals surface area contributed by atoms with Crippen molar-refractivity contribution in [2.75, 3.05) is 45.2 Å². The molecule has 2 N–H and O–H groups in total. The van der Waals surface area contributed by atoms with Crippen molar-refractivity contribution in [1.29, 1.82) is 0 Å². The van der Waals surface area contributed by atoms with E-state index in [0.29, 0.717) is 26.2 Å². The lowest BCUT2D eigenvalue weighted by molar-refractivity contribution is -0.138. The third kappa shape index (κ3) is 6.09. The number of rotatable bonds is 8. The van der Waals surface area contributed by atoms with Crippen LogP contribution in [0, 0.1) is 0 Å². The quantitative estimate of drug-likeness (QED) is 0.724. The summed E-state index contributed by atoms with van der Waals surface area (Å²) in [5, 5.41) is 11.8. The van der Waals surface area contributed by atoms with E-state index in [1.165, 1.54) is 5.56 Å². The molecule has 2 atom stereocenters. The van der Waals surface area contributed by atoms with E-state index >= 15 is 0 Å². The van der Waals surface area contributed by atoms with Crippen molar-refractivity contribution in [3.63, 3.8) is 0 Å². The lowest BCUT2D eigenvalue weighted by atomic mass is 10.1. The Hall–Kier alpha value is -1.96. The zero-order valence-corrected chi connectivity index (χ0v) is 15.8. The molecule has 1 aliphatic rings. The number of carboxylic acids is 1. The van der Waals surface area contributed by atoms with Crippen LogP contribution < -0.4 is 5.32 Å². The number of anilines is 1. The molecular weight excluding hydrogens is 334 g/mol. The smallest absolute Gasteiger partial charge is 0.317 e. The summed E-state index contributed by atoms with van der Waals surface area (Å²) in [6, 6.07) is 7.60. The van der Waals surface area contributed by atoms with Crippen molar-refractivity contribution < 1.29 is 19.4 Å². The van der Waals surface area contributed by atoms with Gasteiger partial charge in [0.15, 0.2) is 0 Å². The van der Waals surface area contributed by atoms with E-state index in [-0.39, 0.29) is 24.6 Å². The second kappa shape index (κ2) is 9.66. The number of benzene rings is 1. The Labute approximate surface area is 154 Å². The number of ether oxygens (including phenoxy) is 1. The Morgan fingerprint density at radius 2 is 2.08 bits per heavy atom. The number of likely N-dealkylation sites (N-methyl/N-ethyl adjacent to an activating group) is 1. The minimum absolute atomic E-state index is 0.0242. The zero-order valence-electron chi connectivity index (χ0n) is 15.8. The van der Waals surface area contributed by atoms with Gasteiger partial charge in [-0.25, -0.2) is 0 Å². The molecule has 0 saturated carbocycles. The SMILES string of the molecule is CCc1ccc(NC(=O)C(C)N2CCOC(CN(C)CC(=O)O)C2)cc1. The van der Waals surface area contributed by atoms with Gasteiger partial charge in [0.05, 0.1) is 25.3 Å². The molecule has 2 unspecified atom stereocenters. The Bertz CT molecular complexity index is 605. The van der Waals surface area contributed by atoms with Crippen LogP contribution in [0.5, 0.6) is 0 Å². The number of nitrogens with zero attached hydrogens (tertiary/aromatic N) is 2. The van der Waals surface area contributed by atoms with Crippen LogP contribution in [0.3, 0.4) is 0 Å². The maximum absolute atomic E-state index is 12.6. The standard InChI is InChI=1S/C19H29N3O4/c1-4-15-5-7-16(8-6-15)20-19(25)14(2)22-9-10-26-17(12-22)11-21(3)13-18(23)24/h5-8,14,17H,4,9-13H2,1-3H3,(H,20,25)(H,23,24). The molecule has 1 aliphatic heterocycles. The van der Waals surface area contributed by atoms with Crippen molar-refractivity contribution in [1.82, 2.24) is 9.80 Å². The summed E-state index contributed by atoms with van der Waals surface area (Å²) in [7, 11) is 1.76. The molecule has 1 fully saturated rings. The number of aryl methyl sites for hydroxylation is 1. The Morgan fingerprint density at radius 1 is 1.38 bits per heavy atom. The highest BCUT2D eigenvalue weighted by Crippen LogP contribution is 2.14. The molecule has 2 rings (SSSR count). The lowest BCUT2D eigenvalue weighted by Gasteiger charge is -2.37. The normalized spacial score (nSPS) is 19.3. The van der Waals surface area contributed by atoms with Crippen LogP contribution >= 0.6 is 0 Å². The number of carbonyl (C=O) groups is 2. The van der Waals surface area contributed by atoms with Crippen molar-refractivity contribution in [3.05, 3.63) is 29.8 Å². The maximum Gasteiger partial charge on any atom is 0.317 e. The van der Waals surface area contributed by atoms with Gasteiger partial charge in [-0.1, -0.05) is 19.1 Å². The van der Waals surface area contributed by atoms with Gasteiger partial charge < -0.3 is 15.2 Å². The zero-order chi connectivity index (χ0) is 19.1. The molecule has 1 amide bonds. The number of amides is 1. The molecule has 1 aromatic rings. The van der Waals surface area contributed by atoms with Crippen molar-refractivity contribution in [2.24, 2.45) is 0 Å². The van der Waals surface area contributed by atoms with Crippen LogP contribution in [0.4, 0.5) is 5.69 Å². The second-order valence-corrected chi connectivity index (χ2v) is 6.79. The average molecular weight is 363 g/mol. The molecule has 144 valence electrons. The highest BCUT2D eigenvalue weighted by atomic mass is 16.5. The average Bonchev–Trinajstić information content (AvgIpc) is 2.61. The summed E-state index contributed by atoms with van der Waals surface area (Å²) in [4.78, 5) is 27.1. The molecule has 7 heteroatoms. The third-order valence-electron chi connectivity index (χ3n) is 4.65. The Balaban J connectivity index is 1.87. The van der Waals surface area contributed by atoms with Crippen LogP contribution in [0.1, 0.15) is 19.4 Å². The first-order chi connectivity index (χ1) is 12.4. The molecule has 0 aliphatic carbocycles. The number of hydrogen-bond acceptors (Lipinski definition) is 5. The maximum atomic E-state index is 12.6. The number of aliphatic carboxylic acids is 1. The highest BCUT2D eigenvalue weighted by molar-refractivity contribution is 5.94. The highest BCUT2D eigenvalue weighted by Gasteiger charge is 2.28. The summed E-state index contributed by atoms with van der Waals surface area (Å²) < 4.78 is 5.73. The van der Waals surface area contributed by atoms with Crippen molar-refractivity contribution >= 4 is 17.6 Å². The fourth-order valence-corrected chi connectivity index (χ4v) is 3.08. The third-order valence-corrected chi connectivity index (χ3v) is 4.65. The van der Waals surface area contributed by atoms with Gasteiger partial charge in [0.2, 0.25) is 5.91 Å². The second-order valence-electron chi connectivity index (χ2n) is 6.79. The van der Waals surface area contributed by atoms with Gasteiger partial charge in [0.25, 0.3) is 0 Å². The van der Waals surface area contributed by atoms with E-state index in [1.54, 1.807) is 11.9 Å². The molecule has 0 radical (unpaired) electrons. The number of hydrogen-bond donors (Lipinski definition) is 2. The van der Waals surface area contributed by atoms with Gasteiger partial charge in [-0.05, 0) is 38.1 Å². The first kappa shape index (κ1) is 20.4. The molecule has 7 nitrogen and oxygen atoms in total. The number of carboxylic acid groups (broad SMARTS) is 1. The van der Waals surface area contributed by atoms with Crippen molar-refractivity contribution in [3.8, 4) is 0 Å². The monoisotopic (exact) mass is 363 g/mol. The summed E-state index contributed by atoms with van der Waals surface area (Å²) >= 11 is 0. The first-order valence-electron chi connectivity index (χ1n) is 9.04. The molecule has 1 saturated heterocycles. The topological polar surface area (TPSA) is 82.1 Å². The van der Waals surface area contributed by atoms with Crippen LogP contribution in [0.25, 0.3) is 0 Å². The van der Waals surface area contributed by atoms with E-state index in [2.05, 4.69) is 17.1 Å². The van der Waals surface area contributed by atoms with Gasteiger partial charge >= 0.3 is 5.97 Å². The molecule has 1 aromatic carbocycles. The van der Waals surface area contributed by atoms with Gasteiger partial charge in [-0.15, -0.1) is 0 Å². The van der Waals surface area contributed by atoms with Crippen LogP contribution in [-0.2, 0) is 20.7 Å². The molecule has 0 spiro atoms. The molecule has 0 bridgehead atoms. The van der Waals surface area contributed by atoms with E-state index in [0.717, 1.165) is 12.1 Å². The van der Waals surface area contributed by atoms with E-state index in [9.17, 15) is 9.59 Å². The molecule has 26 heavy (non-hydrogen) atoms. The summed E-state index contributed by atoms with van der Waals surface area (Å²) in [6.07, 6.45) is 0.864. The predicted octanol–water partition coefficient (Wildman–Crippen LogP) is 1.29. The predicted molar refractivity (Wildman–Crippen MR) is 100 cm³/mol. The molecular formula is C19H29N3O4. The summed E-state index contributed by atoms with van der Waals surface area (Å²) in [5.41, 5.74) is 2.03. The van der Waals surface area contributed by atoms with Gasteiger partial charge in [0, 0.05) is 25.3 Å². The minimum atomic E-state index is -0.859. The van der Waals surface area contributed by atoms with Gasteiger partial charge in [0.1, 0.15) is 0 Å². The first-order valence-corrected chi connectivity index (χ1v) is 9.04. The van der Waals surface area contributed by atoms with E-state index < -0.39 is 5.97 Å². The summed E-state index contributed by atoms with van der Waals surface area (Å²) in [6.45, 7) is 6.31. The largest absolute Gasteiger partial charge is 0.480 e. The minimum Gasteiger partial charge on any atom is -0.480 e. The van der Waals surface area contributed by atoms with Gasteiger partial charge in [-0.2, -0.15) is 0 Å². The Kier molecular flexibility index (Phi) is 7.56. The lowest BCUT2D eigenvalue weighted by Crippen LogP contribution is -2.53. The fourth-order valence-electron chi connectivity index (χ4n) is 3.08. The van der Waals surface area contributed by atoms with E-state index in [1.807, 2.05) is 31.2 Å². The molecule has 1 heterocycles. The van der Waals surface area contributed by atoms with Crippen LogP contribution in [0.15, 0.2) is 24.3 Å². The number of morpholine rings is 1.